The molecule has 2 fully saturated rings. The fraction of sp³-hybridized carbons (Fsp3) is 0.391. The summed E-state index contributed by atoms with van der Waals surface area (Å²) < 4.78 is 19.6. The smallest absolute Gasteiger partial charge is 0.333 e. The first-order valence-electron chi connectivity index (χ1n) is 9.96. The maximum Gasteiger partial charge on any atom is 0.333 e. The average molecular weight is 396 g/mol. The van der Waals surface area contributed by atoms with Gasteiger partial charge in [-0.05, 0) is 30.0 Å². The van der Waals surface area contributed by atoms with Gasteiger partial charge in [0, 0.05) is 31.5 Å². The summed E-state index contributed by atoms with van der Waals surface area (Å²) in [4.78, 5) is 28.1. The quantitative estimate of drug-likeness (QED) is 0.790. The third kappa shape index (κ3) is 3.65. The molecule has 0 spiro atoms. The van der Waals surface area contributed by atoms with Crippen molar-refractivity contribution in [1.29, 1.82) is 0 Å². The van der Waals surface area contributed by atoms with E-state index in [-0.39, 0.29) is 24.4 Å². The van der Waals surface area contributed by atoms with Crippen LogP contribution in [0.2, 0.25) is 0 Å². The first kappa shape index (κ1) is 19.6. The summed E-state index contributed by atoms with van der Waals surface area (Å²) in [6, 6.07) is 16.2. The zero-order chi connectivity index (χ0) is 20.4. The molecule has 29 heavy (non-hydrogen) atoms. The summed E-state index contributed by atoms with van der Waals surface area (Å²) in [6.45, 7) is 0.626. The molecular formula is C23H25FN2O3. The van der Waals surface area contributed by atoms with E-state index in [4.69, 9.17) is 4.74 Å². The molecule has 2 aromatic rings. The largest absolute Gasteiger partial charge is 0.467 e. The number of rotatable bonds is 5. The van der Waals surface area contributed by atoms with E-state index >= 15 is 0 Å². The fourth-order valence-corrected chi connectivity index (χ4v) is 4.86. The molecule has 4 rings (SSSR count). The number of nitrogens with zero attached hydrogens (tertiary/aromatic N) is 1. The summed E-state index contributed by atoms with van der Waals surface area (Å²) in [5.74, 6) is -1.12. The number of esters is 1. The van der Waals surface area contributed by atoms with Gasteiger partial charge in [-0.3, -0.25) is 9.69 Å². The van der Waals surface area contributed by atoms with Gasteiger partial charge in [-0.15, -0.1) is 0 Å². The van der Waals surface area contributed by atoms with E-state index in [2.05, 4.69) is 10.2 Å². The van der Waals surface area contributed by atoms with Crippen molar-refractivity contribution in [3.63, 3.8) is 0 Å². The molecule has 0 saturated carbocycles. The molecule has 0 unspecified atom stereocenters. The first-order valence-corrected chi connectivity index (χ1v) is 9.96. The van der Waals surface area contributed by atoms with Crippen LogP contribution in [0, 0.1) is 5.82 Å². The molecule has 152 valence electrons. The summed E-state index contributed by atoms with van der Waals surface area (Å²) in [7, 11) is 1.32. The number of nitrogens with one attached hydrogen (secondary N) is 1. The van der Waals surface area contributed by atoms with Crippen LogP contribution >= 0.6 is 0 Å². The van der Waals surface area contributed by atoms with Crippen LogP contribution < -0.4 is 5.32 Å². The van der Waals surface area contributed by atoms with Crippen molar-refractivity contribution in [1.82, 2.24) is 10.2 Å². The van der Waals surface area contributed by atoms with E-state index in [0.29, 0.717) is 18.5 Å². The molecule has 6 heteroatoms. The van der Waals surface area contributed by atoms with Gasteiger partial charge in [0.1, 0.15) is 5.82 Å². The van der Waals surface area contributed by atoms with Gasteiger partial charge < -0.3 is 10.1 Å². The fourth-order valence-electron chi connectivity index (χ4n) is 4.86. The summed E-state index contributed by atoms with van der Waals surface area (Å²) in [5, 5.41) is 2.94. The Morgan fingerprint density at radius 1 is 1.17 bits per heavy atom. The lowest BCUT2D eigenvalue weighted by molar-refractivity contribution is -0.153. The first-order chi connectivity index (χ1) is 14.0. The minimum absolute atomic E-state index is 0.0485. The van der Waals surface area contributed by atoms with Gasteiger partial charge in [-0.25, -0.2) is 9.18 Å². The zero-order valence-electron chi connectivity index (χ0n) is 16.4. The van der Waals surface area contributed by atoms with Gasteiger partial charge in [0.05, 0.1) is 7.11 Å². The number of carbonyl (C=O) groups excluding carboxylic acids is 2. The molecule has 2 aliphatic heterocycles. The summed E-state index contributed by atoms with van der Waals surface area (Å²) in [6.07, 6.45) is 1.93. The Morgan fingerprint density at radius 3 is 2.62 bits per heavy atom. The Morgan fingerprint density at radius 2 is 1.90 bits per heavy atom. The Hall–Kier alpha value is -2.73. The van der Waals surface area contributed by atoms with E-state index in [1.807, 2.05) is 30.3 Å². The van der Waals surface area contributed by atoms with Crippen molar-refractivity contribution in [2.45, 2.75) is 49.9 Å². The maximum absolute atomic E-state index is 14.5. The van der Waals surface area contributed by atoms with E-state index < -0.39 is 17.3 Å². The highest BCUT2D eigenvalue weighted by molar-refractivity contribution is 5.90. The third-order valence-corrected chi connectivity index (χ3v) is 6.18. The highest BCUT2D eigenvalue weighted by atomic mass is 19.1. The van der Waals surface area contributed by atoms with E-state index in [9.17, 15) is 14.0 Å². The van der Waals surface area contributed by atoms with Crippen LogP contribution in [-0.2, 0) is 27.3 Å². The van der Waals surface area contributed by atoms with Gasteiger partial charge in [-0.1, -0.05) is 48.5 Å². The number of hydrogen-bond donors (Lipinski definition) is 1. The Labute approximate surface area is 169 Å². The number of amides is 1. The van der Waals surface area contributed by atoms with Crippen LogP contribution in [0.1, 0.15) is 30.4 Å². The molecule has 2 heterocycles. The van der Waals surface area contributed by atoms with Gasteiger partial charge in [0.2, 0.25) is 5.91 Å². The number of carbonyl (C=O) groups is 2. The van der Waals surface area contributed by atoms with Crippen LogP contribution in [-0.4, -0.2) is 41.5 Å². The third-order valence-electron chi connectivity index (χ3n) is 6.18. The van der Waals surface area contributed by atoms with Crippen molar-refractivity contribution in [3.05, 3.63) is 71.5 Å². The van der Waals surface area contributed by atoms with Crippen LogP contribution in [0.3, 0.4) is 0 Å². The number of fused-ring (bicyclic) bond motifs is 2. The lowest BCUT2D eigenvalue weighted by Crippen LogP contribution is -2.65. The summed E-state index contributed by atoms with van der Waals surface area (Å²) >= 11 is 0. The number of ether oxygens (including phenoxy) is 1. The molecule has 0 radical (unpaired) electrons. The maximum atomic E-state index is 14.5. The van der Waals surface area contributed by atoms with E-state index in [1.54, 1.807) is 18.2 Å². The van der Waals surface area contributed by atoms with Gasteiger partial charge in [0.15, 0.2) is 5.54 Å². The van der Waals surface area contributed by atoms with Gasteiger partial charge in [-0.2, -0.15) is 0 Å². The van der Waals surface area contributed by atoms with Crippen molar-refractivity contribution < 1.29 is 18.7 Å². The second-order valence-electron chi connectivity index (χ2n) is 7.89. The predicted octanol–water partition coefficient (Wildman–Crippen LogP) is 2.83. The number of methoxy groups -OCH3 is 1. The Balaban J connectivity index is 1.76. The molecule has 2 saturated heterocycles. The Kier molecular flexibility index (Phi) is 5.37. The second kappa shape index (κ2) is 7.95. The van der Waals surface area contributed by atoms with E-state index in [0.717, 1.165) is 18.4 Å². The summed E-state index contributed by atoms with van der Waals surface area (Å²) in [5.41, 5.74) is 0.181. The minimum Gasteiger partial charge on any atom is -0.467 e. The van der Waals surface area contributed by atoms with Crippen molar-refractivity contribution >= 4 is 11.9 Å². The molecule has 5 nitrogen and oxygen atoms in total. The highest BCUT2D eigenvalue weighted by Crippen LogP contribution is 2.39. The number of halogens is 1. The van der Waals surface area contributed by atoms with Crippen molar-refractivity contribution in [3.8, 4) is 0 Å². The molecule has 2 aliphatic rings. The second-order valence-corrected chi connectivity index (χ2v) is 7.89. The zero-order valence-corrected chi connectivity index (χ0v) is 16.4. The van der Waals surface area contributed by atoms with Crippen LogP contribution in [0.25, 0.3) is 0 Å². The van der Waals surface area contributed by atoms with E-state index in [1.165, 1.54) is 13.2 Å². The minimum atomic E-state index is -1.33. The van der Waals surface area contributed by atoms with Gasteiger partial charge in [0.25, 0.3) is 0 Å². The molecular weight excluding hydrogens is 371 g/mol. The molecule has 1 amide bonds. The molecule has 3 atom stereocenters. The molecule has 2 bridgehead atoms. The number of hydrogen-bond acceptors (Lipinski definition) is 4. The Bertz CT molecular complexity index is 904. The number of benzene rings is 2. The molecule has 0 aromatic heterocycles. The van der Waals surface area contributed by atoms with Crippen LogP contribution in [0.5, 0.6) is 0 Å². The molecule has 0 aliphatic carbocycles. The lowest BCUT2D eigenvalue weighted by Gasteiger charge is -2.40. The normalized spacial score (nSPS) is 26.6. The highest BCUT2D eigenvalue weighted by Gasteiger charge is 2.56. The van der Waals surface area contributed by atoms with Crippen LogP contribution in [0.15, 0.2) is 54.6 Å². The van der Waals surface area contributed by atoms with Gasteiger partial charge >= 0.3 is 5.97 Å². The van der Waals surface area contributed by atoms with Crippen molar-refractivity contribution in [2.75, 3.05) is 7.11 Å². The van der Waals surface area contributed by atoms with Crippen molar-refractivity contribution in [2.24, 2.45) is 0 Å². The monoisotopic (exact) mass is 396 g/mol. The molecule has 1 N–H and O–H groups in total. The lowest BCUT2D eigenvalue weighted by atomic mass is 9.81. The standard InChI is InChI=1S/C23H25FN2O3/c1-29-22(28)23(14-17-9-5-6-10-19(17)24)20-12-11-18(13-21(27)25-23)26(20)15-16-7-3-2-4-8-16/h2-10,18,20H,11-15H2,1H3,(H,25,27)/t18-,20-,23-/m1/s1. The predicted molar refractivity (Wildman–Crippen MR) is 106 cm³/mol. The van der Waals surface area contributed by atoms with Crippen LogP contribution in [0.4, 0.5) is 4.39 Å². The average Bonchev–Trinajstić information content (AvgIpc) is 3.06. The SMILES string of the molecule is COC(=O)[C@]1(Cc2ccccc2F)NC(=O)C[C@H]2CC[C@H]1N2Cc1ccccc1. The molecule has 2 aromatic carbocycles. The topological polar surface area (TPSA) is 58.6 Å².